The van der Waals surface area contributed by atoms with Gasteiger partial charge in [0.15, 0.2) is 0 Å². The molecule has 2 aromatic carbocycles. The quantitative estimate of drug-likeness (QED) is 0.818. The molecule has 29 heavy (non-hydrogen) atoms. The summed E-state index contributed by atoms with van der Waals surface area (Å²) in [5.74, 6) is -0.359. The second kappa shape index (κ2) is 8.11. The number of rotatable bonds is 5. The molecule has 1 fully saturated rings. The Balaban J connectivity index is 1.74. The van der Waals surface area contributed by atoms with Gasteiger partial charge in [0.1, 0.15) is 6.04 Å². The standard InChI is InChI=1S/C23H24N2O3S/c24-15-21-23(20-14-8-7-13-19(20)17-9-3-1-4-10-17)22(16-26)25(21)29(27,28)18-11-5-2-6-12-18/h2,5-9,11-14,21-23,26H,1,3-4,10,16H2/t21-,22+,23-/m0/s1. The Morgan fingerprint density at radius 2 is 1.79 bits per heavy atom. The van der Waals surface area contributed by atoms with E-state index < -0.39 is 22.1 Å². The lowest BCUT2D eigenvalue weighted by Gasteiger charge is -2.50. The van der Waals surface area contributed by atoms with Crippen LogP contribution < -0.4 is 0 Å². The van der Waals surface area contributed by atoms with Crippen LogP contribution in [0.2, 0.25) is 0 Å². The molecule has 0 unspecified atom stereocenters. The molecule has 0 aromatic heterocycles. The first-order valence-electron chi connectivity index (χ1n) is 9.97. The zero-order chi connectivity index (χ0) is 20.4. The van der Waals surface area contributed by atoms with Crippen LogP contribution in [-0.2, 0) is 10.0 Å². The lowest BCUT2D eigenvalue weighted by molar-refractivity contribution is 0.0555. The van der Waals surface area contributed by atoms with Crippen molar-refractivity contribution in [2.24, 2.45) is 0 Å². The number of aliphatic hydroxyl groups excluding tert-OH is 1. The van der Waals surface area contributed by atoms with E-state index >= 15 is 0 Å². The van der Waals surface area contributed by atoms with E-state index in [1.54, 1.807) is 18.2 Å². The zero-order valence-electron chi connectivity index (χ0n) is 16.1. The molecule has 150 valence electrons. The lowest BCUT2D eigenvalue weighted by atomic mass is 9.74. The maximum absolute atomic E-state index is 13.2. The van der Waals surface area contributed by atoms with Crippen LogP contribution in [0.5, 0.6) is 0 Å². The van der Waals surface area contributed by atoms with Crippen molar-refractivity contribution in [3.8, 4) is 6.07 Å². The summed E-state index contributed by atoms with van der Waals surface area (Å²) in [6.45, 7) is -0.331. The van der Waals surface area contributed by atoms with Crippen LogP contribution in [-0.4, -0.2) is 36.5 Å². The molecule has 3 atom stereocenters. The van der Waals surface area contributed by atoms with Crippen LogP contribution >= 0.6 is 0 Å². The largest absolute Gasteiger partial charge is 0.395 e. The second-order valence-electron chi connectivity index (χ2n) is 7.56. The number of hydrogen-bond acceptors (Lipinski definition) is 4. The van der Waals surface area contributed by atoms with E-state index in [-0.39, 0.29) is 17.4 Å². The normalized spacial score (nSPS) is 25.0. The molecular formula is C23H24N2O3S. The van der Waals surface area contributed by atoms with Gasteiger partial charge in [-0.05, 0) is 54.5 Å². The van der Waals surface area contributed by atoms with Gasteiger partial charge >= 0.3 is 0 Å². The average Bonchev–Trinajstić information content (AvgIpc) is 2.75. The average molecular weight is 409 g/mol. The Morgan fingerprint density at radius 1 is 1.07 bits per heavy atom. The van der Waals surface area contributed by atoms with E-state index in [9.17, 15) is 18.8 Å². The highest BCUT2D eigenvalue weighted by molar-refractivity contribution is 7.89. The van der Waals surface area contributed by atoms with Gasteiger partial charge in [-0.1, -0.05) is 48.5 Å². The van der Waals surface area contributed by atoms with Gasteiger partial charge in [0.2, 0.25) is 10.0 Å². The van der Waals surface area contributed by atoms with Crippen LogP contribution in [0.1, 0.15) is 42.7 Å². The van der Waals surface area contributed by atoms with Gasteiger partial charge in [0, 0.05) is 5.92 Å². The highest BCUT2D eigenvalue weighted by atomic mass is 32.2. The van der Waals surface area contributed by atoms with Crippen molar-refractivity contribution in [2.45, 2.75) is 48.6 Å². The maximum Gasteiger partial charge on any atom is 0.244 e. The SMILES string of the molecule is N#C[C@H]1[C@H](c2ccccc2C2=CCCCC2)[C@@H](CO)N1S(=O)(=O)c1ccccc1. The summed E-state index contributed by atoms with van der Waals surface area (Å²) in [6.07, 6.45) is 6.57. The number of benzene rings is 2. The first-order chi connectivity index (χ1) is 14.1. The molecule has 1 aliphatic heterocycles. The third-order valence-corrected chi connectivity index (χ3v) is 7.87. The molecule has 1 saturated heterocycles. The topological polar surface area (TPSA) is 81.4 Å². The van der Waals surface area contributed by atoms with E-state index in [0.717, 1.165) is 30.4 Å². The van der Waals surface area contributed by atoms with Crippen LogP contribution in [0.3, 0.4) is 0 Å². The van der Waals surface area contributed by atoms with Gasteiger partial charge in [-0.3, -0.25) is 0 Å². The number of sulfonamides is 1. The number of nitriles is 1. The first-order valence-corrected chi connectivity index (χ1v) is 11.4. The Hall–Kier alpha value is -2.46. The molecule has 0 bridgehead atoms. The van der Waals surface area contributed by atoms with E-state index in [0.29, 0.717) is 0 Å². The van der Waals surface area contributed by atoms with Crippen molar-refractivity contribution in [3.05, 3.63) is 71.8 Å². The fraction of sp³-hybridized carbons (Fsp3) is 0.348. The van der Waals surface area contributed by atoms with Crippen LogP contribution in [0.25, 0.3) is 5.57 Å². The molecular weight excluding hydrogens is 384 g/mol. The summed E-state index contributed by atoms with van der Waals surface area (Å²) in [7, 11) is -3.87. The molecule has 0 radical (unpaired) electrons. The monoisotopic (exact) mass is 408 g/mol. The summed E-state index contributed by atoms with van der Waals surface area (Å²) in [6, 6.07) is 16.7. The lowest BCUT2D eigenvalue weighted by Crippen LogP contribution is -2.65. The van der Waals surface area contributed by atoms with Crippen molar-refractivity contribution < 1.29 is 13.5 Å². The maximum atomic E-state index is 13.2. The summed E-state index contributed by atoms with van der Waals surface area (Å²) >= 11 is 0. The van der Waals surface area contributed by atoms with E-state index in [1.165, 1.54) is 28.4 Å². The van der Waals surface area contributed by atoms with E-state index in [1.807, 2.05) is 24.3 Å². The number of hydrogen-bond donors (Lipinski definition) is 1. The fourth-order valence-electron chi connectivity index (χ4n) is 4.55. The molecule has 0 spiro atoms. The van der Waals surface area contributed by atoms with Gasteiger partial charge in [-0.25, -0.2) is 8.42 Å². The van der Waals surface area contributed by atoms with Gasteiger partial charge in [0.25, 0.3) is 0 Å². The molecule has 4 rings (SSSR count). The minimum Gasteiger partial charge on any atom is -0.395 e. The fourth-order valence-corrected chi connectivity index (χ4v) is 6.32. The summed E-state index contributed by atoms with van der Waals surface area (Å²) in [4.78, 5) is 0.139. The van der Waals surface area contributed by atoms with E-state index in [2.05, 4.69) is 12.1 Å². The summed E-state index contributed by atoms with van der Waals surface area (Å²) < 4.78 is 27.5. The van der Waals surface area contributed by atoms with Crippen LogP contribution in [0.15, 0.2) is 65.6 Å². The van der Waals surface area contributed by atoms with Gasteiger partial charge in [-0.15, -0.1) is 0 Å². The third-order valence-electron chi connectivity index (χ3n) is 5.95. The summed E-state index contributed by atoms with van der Waals surface area (Å²) in [5.41, 5.74) is 3.28. The minimum atomic E-state index is -3.87. The molecule has 1 heterocycles. The zero-order valence-corrected chi connectivity index (χ0v) is 16.9. The number of nitrogens with zero attached hydrogens (tertiary/aromatic N) is 2. The molecule has 0 amide bonds. The van der Waals surface area contributed by atoms with Crippen molar-refractivity contribution >= 4 is 15.6 Å². The predicted molar refractivity (Wildman–Crippen MR) is 111 cm³/mol. The molecule has 6 heteroatoms. The number of aliphatic hydroxyl groups is 1. The minimum absolute atomic E-state index is 0.139. The van der Waals surface area contributed by atoms with Gasteiger partial charge < -0.3 is 5.11 Å². The van der Waals surface area contributed by atoms with Crippen LogP contribution in [0, 0.1) is 11.3 Å². The van der Waals surface area contributed by atoms with Crippen molar-refractivity contribution in [1.82, 2.24) is 4.31 Å². The first kappa shape index (κ1) is 19.8. The third kappa shape index (κ3) is 3.40. The molecule has 2 aliphatic rings. The Morgan fingerprint density at radius 3 is 2.45 bits per heavy atom. The smallest absolute Gasteiger partial charge is 0.244 e. The van der Waals surface area contributed by atoms with Crippen LogP contribution in [0.4, 0.5) is 0 Å². The predicted octanol–water partition coefficient (Wildman–Crippen LogP) is 3.69. The van der Waals surface area contributed by atoms with Crippen molar-refractivity contribution in [3.63, 3.8) is 0 Å². The molecule has 1 aliphatic carbocycles. The molecule has 1 N–H and O–H groups in total. The molecule has 0 saturated carbocycles. The Labute approximate surface area is 172 Å². The van der Waals surface area contributed by atoms with E-state index in [4.69, 9.17) is 0 Å². The highest BCUT2D eigenvalue weighted by Gasteiger charge is 2.55. The van der Waals surface area contributed by atoms with Gasteiger partial charge in [-0.2, -0.15) is 9.57 Å². The Kier molecular flexibility index (Phi) is 5.55. The molecule has 2 aromatic rings. The van der Waals surface area contributed by atoms with Gasteiger partial charge in [0.05, 0.1) is 23.6 Å². The highest BCUT2D eigenvalue weighted by Crippen LogP contribution is 2.46. The number of allylic oxidation sites excluding steroid dienone is 2. The second-order valence-corrected chi connectivity index (χ2v) is 9.40. The molecule has 5 nitrogen and oxygen atoms in total. The summed E-state index contributed by atoms with van der Waals surface area (Å²) in [5, 5.41) is 19.9. The Bertz CT molecular complexity index is 1060. The van der Waals surface area contributed by atoms with Crippen molar-refractivity contribution in [1.29, 1.82) is 5.26 Å². The van der Waals surface area contributed by atoms with Crippen molar-refractivity contribution in [2.75, 3.05) is 6.61 Å².